The van der Waals surface area contributed by atoms with Gasteiger partial charge in [-0.05, 0) is 11.6 Å². The third-order valence-electron chi connectivity index (χ3n) is 3.22. The zero-order valence-electron chi connectivity index (χ0n) is 8.20. The van der Waals surface area contributed by atoms with Gasteiger partial charge < -0.3 is 10.2 Å². The van der Waals surface area contributed by atoms with Crippen molar-refractivity contribution < 1.29 is 15.0 Å². The molecule has 2 rings (SSSR count). The van der Waals surface area contributed by atoms with E-state index in [9.17, 15) is 9.90 Å². The number of rotatable bonds is 2. The molecule has 15 heavy (non-hydrogen) atoms. The Kier molecular flexibility index (Phi) is 2.07. The lowest BCUT2D eigenvalue weighted by Crippen LogP contribution is -2.30. The standard InChI is InChI=1S/C11H11ClO3/c1-10(6-11(10,15)9(13)14)7-4-2-3-5-8(7)12/h2-5,15H,6H2,1H3,(H,13,14). The predicted molar refractivity (Wildman–Crippen MR) is 56.0 cm³/mol. The molecule has 1 fully saturated rings. The third-order valence-corrected chi connectivity index (χ3v) is 3.55. The normalized spacial score (nSPS) is 33.8. The van der Waals surface area contributed by atoms with Gasteiger partial charge in [-0.25, -0.2) is 4.79 Å². The number of benzene rings is 1. The van der Waals surface area contributed by atoms with Crippen LogP contribution in [0.5, 0.6) is 0 Å². The van der Waals surface area contributed by atoms with Crippen LogP contribution in [0.2, 0.25) is 5.02 Å². The Morgan fingerprint density at radius 1 is 1.47 bits per heavy atom. The maximum atomic E-state index is 10.9. The molecule has 80 valence electrons. The van der Waals surface area contributed by atoms with Crippen molar-refractivity contribution in [3.8, 4) is 0 Å². The minimum atomic E-state index is -1.67. The summed E-state index contributed by atoms with van der Waals surface area (Å²) in [5, 5.41) is 19.2. The maximum absolute atomic E-state index is 10.9. The number of hydrogen-bond acceptors (Lipinski definition) is 2. The SMILES string of the molecule is CC1(c2ccccc2Cl)CC1(O)C(=O)O. The first-order valence-corrected chi connectivity index (χ1v) is 5.00. The van der Waals surface area contributed by atoms with E-state index in [0.717, 1.165) is 0 Å². The minimum Gasteiger partial charge on any atom is -0.479 e. The fourth-order valence-electron chi connectivity index (χ4n) is 2.01. The molecular formula is C11H11ClO3. The quantitative estimate of drug-likeness (QED) is 0.809. The minimum absolute atomic E-state index is 0.207. The molecule has 0 bridgehead atoms. The molecule has 0 saturated heterocycles. The van der Waals surface area contributed by atoms with E-state index in [2.05, 4.69) is 0 Å². The van der Waals surface area contributed by atoms with Gasteiger partial charge in [0.2, 0.25) is 0 Å². The van der Waals surface area contributed by atoms with Gasteiger partial charge in [0.25, 0.3) is 0 Å². The van der Waals surface area contributed by atoms with Crippen molar-refractivity contribution in [2.75, 3.05) is 0 Å². The smallest absolute Gasteiger partial charge is 0.336 e. The molecule has 1 aromatic carbocycles. The van der Waals surface area contributed by atoms with E-state index < -0.39 is 17.0 Å². The average Bonchev–Trinajstić information content (AvgIpc) is 2.73. The van der Waals surface area contributed by atoms with Crippen molar-refractivity contribution >= 4 is 17.6 Å². The highest BCUT2D eigenvalue weighted by molar-refractivity contribution is 6.31. The van der Waals surface area contributed by atoms with Crippen molar-refractivity contribution in [2.45, 2.75) is 24.4 Å². The fraction of sp³-hybridized carbons (Fsp3) is 0.364. The highest BCUT2D eigenvalue weighted by Gasteiger charge is 2.70. The number of carboxylic acid groups (broad SMARTS) is 1. The summed E-state index contributed by atoms with van der Waals surface area (Å²) in [6.45, 7) is 1.71. The molecule has 0 amide bonds. The van der Waals surface area contributed by atoms with Gasteiger partial charge in [0.1, 0.15) is 0 Å². The van der Waals surface area contributed by atoms with E-state index in [4.69, 9.17) is 16.7 Å². The maximum Gasteiger partial charge on any atom is 0.336 e. The Morgan fingerprint density at radius 3 is 2.53 bits per heavy atom. The van der Waals surface area contributed by atoms with Gasteiger partial charge in [-0.1, -0.05) is 36.7 Å². The molecule has 2 atom stereocenters. The first-order valence-electron chi connectivity index (χ1n) is 4.62. The Hall–Kier alpha value is -1.06. The molecule has 1 aliphatic rings. The predicted octanol–water partition coefficient (Wildman–Crippen LogP) is 1.82. The highest BCUT2D eigenvalue weighted by atomic mass is 35.5. The van der Waals surface area contributed by atoms with Crippen LogP contribution in [0.1, 0.15) is 18.9 Å². The summed E-state index contributed by atoms with van der Waals surface area (Å²) in [5.74, 6) is -1.19. The number of carbonyl (C=O) groups is 1. The Morgan fingerprint density at radius 2 is 2.07 bits per heavy atom. The van der Waals surface area contributed by atoms with Crippen molar-refractivity contribution in [3.63, 3.8) is 0 Å². The van der Waals surface area contributed by atoms with E-state index >= 15 is 0 Å². The molecular weight excluding hydrogens is 216 g/mol. The molecule has 0 radical (unpaired) electrons. The summed E-state index contributed by atoms with van der Waals surface area (Å²) in [7, 11) is 0. The van der Waals surface area contributed by atoms with Crippen LogP contribution in [0.4, 0.5) is 0 Å². The van der Waals surface area contributed by atoms with Crippen molar-refractivity contribution in [3.05, 3.63) is 34.9 Å². The zero-order valence-corrected chi connectivity index (χ0v) is 8.95. The molecule has 0 aromatic heterocycles. The lowest BCUT2D eigenvalue weighted by atomic mass is 9.94. The van der Waals surface area contributed by atoms with Crippen molar-refractivity contribution in [1.82, 2.24) is 0 Å². The van der Waals surface area contributed by atoms with Gasteiger partial charge in [-0.3, -0.25) is 0 Å². The largest absolute Gasteiger partial charge is 0.479 e. The first kappa shape index (κ1) is 10.5. The molecule has 1 aliphatic carbocycles. The van der Waals surface area contributed by atoms with Crippen LogP contribution in [0, 0.1) is 0 Å². The van der Waals surface area contributed by atoms with Gasteiger partial charge in [0.05, 0.1) is 0 Å². The lowest BCUT2D eigenvalue weighted by Gasteiger charge is -2.15. The Labute approximate surface area is 92.3 Å². The van der Waals surface area contributed by atoms with Gasteiger partial charge in [-0.2, -0.15) is 0 Å². The van der Waals surface area contributed by atoms with Crippen LogP contribution in [0.3, 0.4) is 0 Å². The molecule has 1 aromatic rings. The summed E-state index contributed by atoms with van der Waals surface area (Å²) < 4.78 is 0. The number of aliphatic hydroxyl groups is 1. The first-order chi connectivity index (χ1) is 6.92. The van der Waals surface area contributed by atoms with Crippen LogP contribution < -0.4 is 0 Å². The molecule has 0 aliphatic heterocycles. The monoisotopic (exact) mass is 226 g/mol. The lowest BCUT2D eigenvalue weighted by molar-refractivity contribution is -0.150. The third kappa shape index (κ3) is 1.27. The fourth-order valence-corrected chi connectivity index (χ4v) is 2.35. The average molecular weight is 227 g/mol. The second-order valence-corrected chi connectivity index (χ2v) is 4.56. The Bertz CT molecular complexity index is 432. The molecule has 0 heterocycles. The molecule has 1 saturated carbocycles. The number of hydrogen-bond donors (Lipinski definition) is 2. The number of aliphatic carboxylic acids is 1. The summed E-state index contributed by atoms with van der Waals surface area (Å²) in [6, 6.07) is 7.01. The molecule has 3 nitrogen and oxygen atoms in total. The summed E-state index contributed by atoms with van der Waals surface area (Å²) in [5.41, 5.74) is -1.74. The highest BCUT2D eigenvalue weighted by Crippen LogP contribution is 2.58. The molecule has 2 N–H and O–H groups in total. The second-order valence-electron chi connectivity index (χ2n) is 4.15. The van der Waals surface area contributed by atoms with Gasteiger partial charge in [-0.15, -0.1) is 0 Å². The van der Waals surface area contributed by atoms with E-state index in [0.29, 0.717) is 10.6 Å². The van der Waals surface area contributed by atoms with Gasteiger partial charge in [0.15, 0.2) is 5.60 Å². The Balaban J connectivity index is 2.44. The summed E-state index contributed by atoms with van der Waals surface area (Å²) in [4.78, 5) is 10.9. The zero-order chi connectivity index (χ0) is 11.3. The summed E-state index contributed by atoms with van der Waals surface area (Å²) in [6.07, 6.45) is 0.207. The van der Waals surface area contributed by atoms with Crippen LogP contribution in [0.15, 0.2) is 24.3 Å². The van der Waals surface area contributed by atoms with E-state index in [1.54, 1.807) is 31.2 Å². The van der Waals surface area contributed by atoms with Crippen LogP contribution in [-0.4, -0.2) is 21.8 Å². The van der Waals surface area contributed by atoms with Crippen molar-refractivity contribution in [1.29, 1.82) is 0 Å². The second kappa shape index (κ2) is 2.97. The van der Waals surface area contributed by atoms with Crippen LogP contribution >= 0.6 is 11.6 Å². The van der Waals surface area contributed by atoms with Gasteiger partial charge in [0, 0.05) is 16.9 Å². The summed E-state index contributed by atoms with van der Waals surface area (Å²) >= 11 is 5.98. The van der Waals surface area contributed by atoms with Gasteiger partial charge >= 0.3 is 5.97 Å². The van der Waals surface area contributed by atoms with Crippen LogP contribution in [-0.2, 0) is 10.2 Å². The molecule has 2 unspecified atom stereocenters. The van der Waals surface area contributed by atoms with E-state index in [1.807, 2.05) is 0 Å². The van der Waals surface area contributed by atoms with Crippen LogP contribution in [0.25, 0.3) is 0 Å². The molecule has 0 spiro atoms. The van der Waals surface area contributed by atoms with E-state index in [-0.39, 0.29) is 6.42 Å². The van der Waals surface area contributed by atoms with E-state index in [1.165, 1.54) is 0 Å². The molecule has 4 heteroatoms. The number of carboxylic acids is 1. The number of halogens is 1. The topological polar surface area (TPSA) is 57.5 Å². The van der Waals surface area contributed by atoms with Crippen molar-refractivity contribution in [2.24, 2.45) is 0 Å².